The molecule has 0 saturated carbocycles. The SMILES string of the molecule is CNc1nc(-c2cccc(NC(=O)c3cccc(OCc4ccccc4)c3)c2)c2cc(OC)c(OC)cc2n1. The van der Waals surface area contributed by atoms with Crippen molar-refractivity contribution in [3.8, 4) is 28.5 Å². The number of hydrogen-bond donors (Lipinski definition) is 2. The molecular formula is C31H28N4O4. The first-order valence-corrected chi connectivity index (χ1v) is 12.4. The maximum atomic E-state index is 13.1. The van der Waals surface area contributed by atoms with Gasteiger partial charge in [-0.05, 0) is 42.0 Å². The fourth-order valence-corrected chi connectivity index (χ4v) is 4.20. The van der Waals surface area contributed by atoms with Gasteiger partial charge in [-0.2, -0.15) is 0 Å². The highest BCUT2D eigenvalue weighted by Gasteiger charge is 2.15. The van der Waals surface area contributed by atoms with Crippen LogP contribution < -0.4 is 24.8 Å². The molecule has 0 unspecified atom stereocenters. The molecule has 0 atom stereocenters. The van der Waals surface area contributed by atoms with Gasteiger partial charge in [-0.3, -0.25) is 4.79 Å². The maximum Gasteiger partial charge on any atom is 0.255 e. The lowest BCUT2D eigenvalue weighted by Gasteiger charge is -2.14. The number of ether oxygens (including phenoxy) is 3. The quantitative estimate of drug-likeness (QED) is 0.239. The van der Waals surface area contributed by atoms with Crippen molar-refractivity contribution >= 4 is 28.4 Å². The Labute approximate surface area is 226 Å². The molecule has 1 amide bonds. The van der Waals surface area contributed by atoms with Gasteiger partial charge >= 0.3 is 0 Å². The molecule has 1 aromatic heterocycles. The van der Waals surface area contributed by atoms with Crippen LogP contribution in [0.1, 0.15) is 15.9 Å². The highest BCUT2D eigenvalue weighted by Crippen LogP contribution is 2.36. The summed E-state index contributed by atoms with van der Waals surface area (Å²) in [6.45, 7) is 0.423. The lowest BCUT2D eigenvalue weighted by Crippen LogP contribution is -2.12. The number of nitrogens with zero attached hydrogens (tertiary/aromatic N) is 2. The van der Waals surface area contributed by atoms with Gasteiger partial charge in [-0.1, -0.05) is 48.5 Å². The molecule has 0 bridgehead atoms. The van der Waals surface area contributed by atoms with Gasteiger partial charge in [0.2, 0.25) is 5.95 Å². The molecule has 0 aliphatic heterocycles. The average molecular weight is 521 g/mol. The minimum Gasteiger partial charge on any atom is -0.493 e. The largest absolute Gasteiger partial charge is 0.493 e. The van der Waals surface area contributed by atoms with Gasteiger partial charge in [-0.25, -0.2) is 9.97 Å². The van der Waals surface area contributed by atoms with Crippen molar-refractivity contribution in [1.82, 2.24) is 9.97 Å². The van der Waals surface area contributed by atoms with Crippen LogP contribution in [0.4, 0.5) is 11.6 Å². The van der Waals surface area contributed by atoms with Gasteiger partial charge in [0.25, 0.3) is 5.91 Å². The number of hydrogen-bond acceptors (Lipinski definition) is 7. The van der Waals surface area contributed by atoms with Crippen molar-refractivity contribution in [2.24, 2.45) is 0 Å². The molecule has 2 N–H and O–H groups in total. The first kappa shape index (κ1) is 25.5. The number of benzene rings is 4. The van der Waals surface area contributed by atoms with E-state index in [0.29, 0.717) is 52.3 Å². The molecule has 0 spiro atoms. The van der Waals surface area contributed by atoms with E-state index >= 15 is 0 Å². The Morgan fingerprint density at radius 3 is 2.36 bits per heavy atom. The molecule has 5 aromatic rings. The van der Waals surface area contributed by atoms with Gasteiger partial charge in [0.1, 0.15) is 12.4 Å². The summed E-state index contributed by atoms with van der Waals surface area (Å²) >= 11 is 0. The second kappa shape index (κ2) is 11.5. The van der Waals surface area contributed by atoms with Crippen LogP contribution in [0.25, 0.3) is 22.2 Å². The molecule has 196 valence electrons. The van der Waals surface area contributed by atoms with Crippen LogP contribution in [0.3, 0.4) is 0 Å². The fraction of sp³-hybridized carbons (Fsp3) is 0.129. The van der Waals surface area contributed by atoms with Crippen molar-refractivity contribution < 1.29 is 19.0 Å². The van der Waals surface area contributed by atoms with E-state index in [1.165, 1.54) is 0 Å². The van der Waals surface area contributed by atoms with Crippen LogP contribution in [0.2, 0.25) is 0 Å². The highest BCUT2D eigenvalue weighted by molar-refractivity contribution is 6.05. The second-order valence-electron chi connectivity index (χ2n) is 8.71. The van der Waals surface area contributed by atoms with E-state index in [9.17, 15) is 4.79 Å². The van der Waals surface area contributed by atoms with Gasteiger partial charge in [0.05, 0.1) is 25.4 Å². The summed E-state index contributed by atoms with van der Waals surface area (Å²) in [7, 11) is 4.94. The number of aromatic nitrogens is 2. The van der Waals surface area contributed by atoms with E-state index in [-0.39, 0.29) is 5.91 Å². The zero-order valence-corrected chi connectivity index (χ0v) is 21.9. The summed E-state index contributed by atoms with van der Waals surface area (Å²) in [6, 6.07) is 28.2. The summed E-state index contributed by atoms with van der Waals surface area (Å²) < 4.78 is 16.8. The van der Waals surface area contributed by atoms with Crippen LogP contribution in [0.15, 0.2) is 91.0 Å². The zero-order chi connectivity index (χ0) is 27.2. The third kappa shape index (κ3) is 5.75. The molecule has 0 saturated heterocycles. The third-order valence-electron chi connectivity index (χ3n) is 6.16. The number of methoxy groups -OCH3 is 2. The molecule has 8 nitrogen and oxygen atoms in total. The number of rotatable bonds is 9. The topological polar surface area (TPSA) is 94.6 Å². The van der Waals surface area contributed by atoms with Gasteiger partial charge < -0.3 is 24.8 Å². The third-order valence-corrected chi connectivity index (χ3v) is 6.16. The van der Waals surface area contributed by atoms with Gasteiger partial charge in [-0.15, -0.1) is 0 Å². The van der Waals surface area contributed by atoms with Crippen LogP contribution in [-0.2, 0) is 6.61 Å². The number of anilines is 2. The Balaban J connectivity index is 1.41. The minimum absolute atomic E-state index is 0.243. The van der Waals surface area contributed by atoms with E-state index < -0.39 is 0 Å². The molecule has 39 heavy (non-hydrogen) atoms. The van der Waals surface area contributed by atoms with Crippen molar-refractivity contribution in [1.29, 1.82) is 0 Å². The molecular weight excluding hydrogens is 492 g/mol. The number of fused-ring (bicyclic) bond motifs is 1. The van der Waals surface area contributed by atoms with E-state index in [0.717, 1.165) is 16.5 Å². The summed E-state index contributed by atoms with van der Waals surface area (Å²) in [5, 5.41) is 6.79. The number of amides is 1. The van der Waals surface area contributed by atoms with E-state index in [1.807, 2.05) is 72.8 Å². The Kier molecular flexibility index (Phi) is 7.54. The molecule has 5 rings (SSSR count). The summed E-state index contributed by atoms with van der Waals surface area (Å²) in [5.41, 5.74) is 4.38. The normalized spacial score (nSPS) is 10.6. The lowest BCUT2D eigenvalue weighted by atomic mass is 10.0. The van der Waals surface area contributed by atoms with Crippen LogP contribution in [-0.4, -0.2) is 37.1 Å². The predicted octanol–water partition coefficient (Wildman–Crippen LogP) is 6.19. The average Bonchev–Trinajstić information content (AvgIpc) is 2.99. The second-order valence-corrected chi connectivity index (χ2v) is 8.71. The van der Waals surface area contributed by atoms with Crippen molar-refractivity contribution in [3.05, 3.63) is 102 Å². The van der Waals surface area contributed by atoms with Gasteiger partial charge in [0, 0.05) is 35.3 Å². The number of nitrogens with one attached hydrogen (secondary N) is 2. The first-order valence-electron chi connectivity index (χ1n) is 12.4. The Morgan fingerprint density at radius 1 is 0.821 bits per heavy atom. The molecule has 1 heterocycles. The molecule has 0 aliphatic carbocycles. The van der Waals surface area contributed by atoms with Crippen molar-refractivity contribution in [3.63, 3.8) is 0 Å². The van der Waals surface area contributed by atoms with Gasteiger partial charge in [0.15, 0.2) is 11.5 Å². The van der Waals surface area contributed by atoms with E-state index in [4.69, 9.17) is 19.2 Å². The van der Waals surface area contributed by atoms with Crippen LogP contribution >= 0.6 is 0 Å². The molecule has 4 aromatic carbocycles. The summed E-state index contributed by atoms with van der Waals surface area (Å²) in [4.78, 5) is 22.4. The Hall–Kier alpha value is -5.11. The standard InChI is InChI=1S/C31H28N4O4/c1-32-31-34-26-18-28(38-3)27(37-2)17-25(26)29(35-31)21-11-7-13-23(15-21)33-30(36)22-12-8-14-24(16-22)39-19-20-9-5-4-6-10-20/h4-18H,19H2,1-3H3,(H,33,36)(H,32,34,35). The minimum atomic E-state index is -0.243. The molecule has 0 fully saturated rings. The van der Waals surface area contributed by atoms with Crippen molar-refractivity contribution in [2.45, 2.75) is 6.61 Å². The highest BCUT2D eigenvalue weighted by atomic mass is 16.5. The van der Waals surface area contributed by atoms with E-state index in [2.05, 4.69) is 15.6 Å². The fourth-order valence-electron chi connectivity index (χ4n) is 4.20. The lowest BCUT2D eigenvalue weighted by molar-refractivity contribution is 0.102. The zero-order valence-electron chi connectivity index (χ0n) is 21.9. The predicted molar refractivity (Wildman–Crippen MR) is 153 cm³/mol. The summed E-state index contributed by atoms with van der Waals surface area (Å²) in [6.07, 6.45) is 0. The monoisotopic (exact) mass is 520 g/mol. The first-order chi connectivity index (χ1) is 19.1. The molecule has 8 heteroatoms. The Morgan fingerprint density at radius 2 is 1.59 bits per heavy atom. The smallest absolute Gasteiger partial charge is 0.255 e. The van der Waals surface area contributed by atoms with E-state index in [1.54, 1.807) is 39.5 Å². The number of carbonyl (C=O) groups is 1. The molecule has 0 aliphatic rings. The van der Waals surface area contributed by atoms with Crippen molar-refractivity contribution in [2.75, 3.05) is 31.9 Å². The Bertz CT molecular complexity index is 1620. The van der Waals surface area contributed by atoms with Crippen LogP contribution in [0.5, 0.6) is 17.2 Å². The maximum absolute atomic E-state index is 13.1. The molecule has 0 radical (unpaired) electrons. The number of carbonyl (C=O) groups excluding carboxylic acids is 1. The van der Waals surface area contributed by atoms with Crippen LogP contribution in [0, 0.1) is 0 Å². The summed E-state index contributed by atoms with van der Waals surface area (Å²) in [5.74, 6) is 1.99.